The Balaban J connectivity index is 1.61. The maximum atomic E-state index is 14.0. The van der Waals surface area contributed by atoms with E-state index in [1.807, 2.05) is 6.26 Å². The van der Waals surface area contributed by atoms with Gasteiger partial charge in [0.05, 0.1) is 11.2 Å². The van der Waals surface area contributed by atoms with E-state index in [2.05, 4.69) is 29.6 Å². The fourth-order valence-corrected chi connectivity index (χ4v) is 4.42. The van der Waals surface area contributed by atoms with Crippen LogP contribution in [0.15, 0.2) is 47.4 Å². The van der Waals surface area contributed by atoms with E-state index in [0.29, 0.717) is 42.7 Å². The smallest absolute Gasteiger partial charge is 0.270 e. The lowest BCUT2D eigenvalue weighted by molar-refractivity contribution is -0.117. The molecule has 1 aliphatic rings. The summed E-state index contributed by atoms with van der Waals surface area (Å²) in [6, 6.07) is 12.7. The molecule has 0 saturated carbocycles. The van der Waals surface area contributed by atoms with Crippen LogP contribution in [0.25, 0.3) is 10.9 Å². The number of amides is 2. The lowest BCUT2D eigenvalue weighted by Gasteiger charge is -2.18. The lowest BCUT2D eigenvalue weighted by Crippen LogP contribution is -2.31. The van der Waals surface area contributed by atoms with Crippen molar-refractivity contribution in [2.75, 3.05) is 24.2 Å². The van der Waals surface area contributed by atoms with Crippen molar-refractivity contribution >= 4 is 40.2 Å². The van der Waals surface area contributed by atoms with Gasteiger partial charge in [-0.3, -0.25) is 9.59 Å². The fraction of sp³-hybridized carbons (Fsp3) is 0.304. The van der Waals surface area contributed by atoms with Crippen LogP contribution >= 0.6 is 11.8 Å². The maximum absolute atomic E-state index is 14.0. The zero-order valence-corrected chi connectivity index (χ0v) is 17.9. The van der Waals surface area contributed by atoms with E-state index in [1.165, 1.54) is 17.0 Å². The molecule has 30 heavy (non-hydrogen) atoms. The van der Waals surface area contributed by atoms with Gasteiger partial charge in [0, 0.05) is 36.8 Å². The van der Waals surface area contributed by atoms with Gasteiger partial charge in [-0.15, -0.1) is 11.8 Å². The topological polar surface area (TPSA) is 54.3 Å². The average Bonchev–Trinajstić information content (AvgIpc) is 3.28. The van der Waals surface area contributed by atoms with Crippen molar-refractivity contribution < 1.29 is 14.0 Å². The number of carbonyl (C=O) groups excluding carboxylic acids is 2. The minimum Gasteiger partial charge on any atom is -0.350 e. The van der Waals surface area contributed by atoms with E-state index >= 15 is 0 Å². The van der Waals surface area contributed by atoms with Gasteiger partial charge in [-0.1, -0.05) is 12.1 Å². The standard InChI is InChI=1S/C23H24FN3O2S/c1-26-19-10-7-16(24)14-18(19)21(27-13-3-4-20(27)28)22(26)23(29)25-12-11-15-5-8-17(30-2)9-6-15/h5-10,14H,3-4,11-13H2,1-2H3,(H,25,29). The summed E-state index contributed by atoms with van der Waals surface area (Å²) in [6.07, 6.45) is 3.92. The summed E-state index contributed by atoms with van der Waals surface area (Å²) in [6.45, 7) is 1.01. The summed E-state index contributed by atoms with van der Waals surface area (Å²) in [5.74, 6) is -0.680. The number of fused-ring (bicyclic) bond motifs is 1. The van der Waals surface area contributed by atoms with Crippen molar-refractivity contribution in [3.63, 3.8) is 0 Å². The second kappa shape index (κ2) is 8.52. The molecule has 0 bridgehead atoms. The SMILES string of the molecule is CSc1ccc(CCNC(=O)c2c(N3CCCC3=O)c3cc(F)ccc3n2C)cc1. The Bertz CT molecular complexity index is 1110. The van der Waals surface area contributed by atoms with Crippen LogP contribution in [0.2, 0.25) is 0 Å². The minimum absolute atomic E-state index is 0.0327. The van der Waals surface area contributed by atoms with Crippen LogP contribution in [0.4, 0.5) is 10.1 Å². The van der Waals surface area contributed by atoms with Gasteiger partial charge in [-0.25, -0.2) is 4.39 Å². The molecule has 2 aromatic carbocycles. The lowest BCUT2D eigenvalue weighted by atomic mass is 10.1. The Hall–Kier alpha value is -2.80. The molecule has 0 atom stereocenters. The van der Waals surface area contributed by atoms with E-state index < -0.39 is 0 Å². The number of rotatable bonds is 6. The Morgan fingerprint density at radius 1 is 1.20 bits per heavy atom. The summed E-state index contributed by atoms with van der Waals surface area (Å²) in [4.78, 5) is 28.4. The molecule has 1 fully saturated rings. The van der Waals surface area contributed by atoms with Crippen molar-refractivity contribution in [2.45, 2.75) is 24.2 Å². The second-order valence-corrected chi connectivity index (χ2v) is 8.30. The third-order valence-corrected chi connectivity index (χ3v) is 6.30. The van der Waals surface area contributed by atoms with Crippen LogP contribution in [0.3, 0.4) is 0 Å². The number of nitrogens with zero attached hydrogens (tertiary/aromatic N) is 2. The zero-order valence-electron chi connectivity index (χ0n) is 17.1. The number of carbonyl (C=O) groups is 2. The molecule has 3 aromatic rings. The largest absolute Gasteiger partial charge is 0.350 e. The number of halogens is 1. The van der Waals surface area contributed by atoms with Gasteiger partial charge in [0.25, 0.3) is 5.91 Å². The maximum Gasteiger partial charge on any atom is 0.270 e. The highest BCUT2D eigenvalue weighted by Crippen LogP contribution is 2.36. The van der Waals surface area contributed by atoms with Crippen LogP contribution in [0.1, 0.15) is 28.9 Å². The molecular formula is C23H24FN3O2S. The van der Waals surface area contributed by atoms with Crippen LogP contribution in [0, 0.1) is 5.82 Å². The van der Waals surface area contributed by atoms with Crippen molar-refractivity contribution in [1.82, 2.24) is 9.88 Å². The van der Waals surface area contributed by atoms with E-state index in [0.717, 1.165) is 17.5 Å². The van der Waals surface area contributed by atoms with Crippen molar-refractivity contribution in [3.05, 3.63) is 59.5 Å². The fourth-order valence-electron chi connectivity index (χ4n) is 4.01. The molecular weight excluding hydrogens is 401 g/mol. The highest BCUT2D eigenvalue weighted by molar-refractivity contribution is 7.98. The molecule has 2 amide bonds. The molecule has 7 heteroatoms. The second-order valence-electron chi connectivity index (χ2n) is 7.42. The molecule has 1 saturated heterocycles. The molecule has 0 aliphatic carbocycles. The molecule has 1 aromatic heterocycles. The third kappa shape index (κ3) is 3.81. The minimum atomic E-state index is -0.387. The zero-order chi connectivity index (χ0) is 21.3. The summed E-state index contributed by atoms with van der Waals surface area (Å²) in [5.41, 5.74) is 2.77. The van der Waals surface area contributed by atoms with Crippen molar-refractivity contribution in [2.24, 2.45) is 7.05 Å². The van der Waals surface area contributed by atoms with E-state index in [9.17, 15) is 14.0 Å². The first-order chi connectivity index (χ1) is 14.5. The van der Waals surface area contributed by atoms with Gasteiger partial charge in [0.1, 0.15) is 11.5 Å². The number of thioether (sulfide) groups is 1. The molecule has 0 unspecified atom stereocenters. The van der Waals surface area contributed by atoms with E-state index in [1.54, 1.807) is 34.3 Å². The highest BCUT2D eigenvalue weighted by atomic mass is 32.2. The van der Waals surface area contributed by atoms with Crippen LogP contribution in [-0.2, 0) is 18.3 Å². The number of hydrogen-bond acceptors (Lipinski definition) is 3. The Labute approximate surface area is 179 Å². The average molecular weight is 426 g/mol. The first-order valence-corrected chi connectivity index (χ1v) is 11.2. The highest BCUT2D eigenvalue weighted by Gasteiger charge is 2.31. The van der Waals surface area contributed by atoms with Crippen LogP contribution in [0.5, 0.6) is 0 Å². The Morgan fingerprint density at radius 3 is 2.63 bits per heavy atom. The molecule has 1 aliphatic heterocycles. The number of nitrogens with one attached hydrogen (secondary N) is 1. The van der Waals surface area contributed by atoms with Gasteiger partial charge in [-0.2, -0.15) is 0 Å². The predicted molar refractivity (Wildman–Crippen MR) is 119 cm³/mol. The third-order valence-electron chi connectivity index (χ3n) is 5.55. The number of anilines is 1. The summed E-state index contributed by atoms with van der Waals surface area (Å²) in [7, 11) is 1.78. The monoisotopic (exact) mass is 425 g/mol. The number of benzene rings is 2. The normalized spacial score (nSPS) is 14.0. The quantitative estimate of drug-likeness (QED) is 0.604. The molecule has 4 rings (SSSR count). The Kier molecular flexibility index (Phi) is 5.81. The van der Waals surface area contributed by atoms with Crippen LogP contribution < -0.4 is 10.2 Å². The molecule has 0 spiro atoms. The summed E-state index contributed by atoms with van der Waals surface area (Å²) < 4.78 is 15.7. The van der Waals surface area contributed by atoms with Crippen molar-refractivity contribution in [1.29, 1.82) is 0 Å². The van der Waals surface area contributed by atoms with Crippen molar-refractivity contribution in [3.8, 4) is 0 Å². The number of hydrogen-bond donors (Lipinski definition) is 1. The molecule has 5 nitrogen and oxygen atoms in total. The molecule has 1 N–H and O–H groups in total. The number of aryl methyl sites for hydroxylation is 1. The van der Waals surface area contributed by atoms with Gasteiger partial charge in [-0.05, 0) is 55.0 Å². The molecule has 0 radical (unpaired) electrons. The van der Waals surface area contributed by atoms with Gasteiger partial charge in [0.15, 0.2) is 0 Å². The van der Waals surface area contributed by atoms with Gasteiger partial charge >= 0.3 is 0 Å². The van der Waals surface area contributed by atoms with E-state index in [4.69, 9.17) is 0 Å². The first-order valence-electron chi connectivity index (χ1n) is 9.99. The van der Waals surface area contributed by atoms with Crippen LogP contribution in [-0.4, -0.2) is 35.7 Å². The first kappa shape index (κ1) is 20.5. The summed E-state index contributed by atoms with van der Waals surface area (Å²) >= 11 is 1.69. The molecule has 156 valence electrons. The van der Waals surface area contributed by atoms with E-state index in [-0.39, 0.29) is 17.6 Å². The summed E-state index contributed by atoms with van der Waals surface area (Å²) in [5, 5.41) is 3.56. The van der Waals surface area contributed by atoms with Gasteiger partial charge < -0.3 is 14.8 Å². The number of aromatic nitrogens is 1. The van der Waals surface area contributed by atoms with Gasteiger partial charge in [0.2, 0.25) is 5.91 Å². The predicted octanol–water partition coefficient (Wildman–Crippen LogP) is 4.14. The molecule has 2 heterocycles. The Morgan fingerprint density at radius 2 is 1.97 bits per heavy atom.